The number of hydrazone groups is 1. The van der Waals surface area contributed by atoms with Gasteiger partial charge < -0.3 is 14.2 Å². The van der Waals surface area contributed by atoms with Crippen molar-refractivity contribution in [1.82, 2.24) is 5.01 Å². The Morgan fingerprint density at radius 2 is 1.88 bits per heavy atom. The van der Waals surface area contributed by atoms with Crippen LogP contribution in [-0.4, -0.2) is 31.0 Å². The number of ether oxygens (including phenoxy) is 3. The van der Waals surface area contributed by atoms with Gasteiger partial charge in [0.15, 0.2) is 6.73 Å². The summed E-state index contributed by atoms with van der Waals surface area (Å²) in [6, 6.07) is 15.3. The van der Waals surface area contributed by atoms with E-state index < -0.39 is 0 Å². The van der Waals surface area contributed by atoms with Crippen LogP contribution in [0.2, 0.25) is 5.02 Å². The van der Waals surface area contributed by atoms with Crippen LogP contribution in [0.1, 0.15) is 18.1 Å². The highest BCUT2D eigenvalue weighted by Crippen LogP contribution is 2.19. The van der Waals surface area contributed by atoms with Gasteiger partial charge in [0, 0.05) is 17.7 Å². The molecule has 1 unspecified atom stereocenters. The first-order valence-corrected chi connectivity index (χ1v) is 8.02. The van der Waals surface area contributed by atoms with Crippen LogP contribution in [0.4, 0.5) is 0 Å². The highest BCUT2D eigenvalue weighted by atomic mass is 35.5. The first-order chi connectivity index (χ1) is 11.7. The number of methoxy groups -OCH3 is 1. The first-order valence-electron chi connectivity index (χ1n) is 7.64. The summed E-state index contributed by atoms with van der Waals surface area (Å²) in [5, 5.41) is 6.88. The molecule has 0 spiro atoms. The zero-order valence-electron chi connectivity index (χ0n) is 13.6. The van der Waals surface area contributed by atoms with Crippen LogP contribution in [0, 0.1) is 0 Å². The van der Waals surface area contributed by atoms with Gasteiger partial charge in [-0.3, -0.25) is 0 Å². The molecule has 0 N–H and O–H groups in total. The molecule has 0 saturated carbocycles. The van der Waals surface area contributed by atoms with Crippen LogP contribution >= 0.6 is 11.6 Å². The van der Waals surface area contributed by atoms with E-state index in [1.54, 1.807) is 12.1 Å². The Labute approximate surface area is 146 Å². The Bertz CT molecular complexity index is 701. The van der Waals surface area contributed by atoms with E-state index in [-0.39, 0.29) is 6.23 Å². The van der Waals surface area contributed by atoms with Crippen LogP contribution in [-0.2, 0) is 16.1 Å². The zero-order chi connectivity index (χ0) is 16.9. The maximum absolute atomic E-state index is 5.87. The lowest BCUT2D eigenvalue weighted by Crippen LogP contribution is -2.27. The van der Waals surface area contributed by atoms with Gasteiger partial charge in [-0.2, -0.15) is 0 Å². The van der Waals surface area contributed by atoms with Gasteiger partial charge in [-0.15, -0.1) is 5.10 Å². The molecule has 2 aromatic rings. The smallest absolute Gasteiger partial charge is 0.240 e. The van der Waals surface area contributed by atoms with E-state index in [0.717, 1.165) is 21.9 Å². The lowest BCUT2D eigenvalue weighted by Gasteiger charge is -2.17. The van der Waals surface area contributed by atoms with E-state index in [1.807, 2.05) is 55.5 Å². The van der Waals surface area contributed by atoms with E-state index in [1.165, 1.54) is 0 Å². The van der Waals surface area contributed by atoms with Crippen LogP contribution in [0.5, 0.6) is 5.75 Å². The van der Waals surface area contributed by atoms with Gasteiger partial charge in [-0.25, -0.2) is 5.01 Å². The Morgan fingerprint density at radius 3 is 2.54 bits per heavy atom. The Hall–Kier alpha value is -2.24. The van der Waals surface area contributed by atoms with E-state index in [2.05, 4.69) is 5.10 Å². The topological polar surface area (TPSA) is 43.3 Å². The summed E-state index contributed by atoms with van der Waals surface area (Å²) >= 11 is 5.87. The molecule has 6 heteroatoms. The second-order valence-electron chi connectivity index (χ2n) is 5.39. The third-order valence-corrected chi connectivity index (χ3v) is 3.99. The first kappa shape index (κ1) is 16.6. The average Bonchev–Trinajstić information content (AvgIpc) is 3.11. The zero-order valence-corrected chi connectivity index (χ0v) is 14.4. The number of hydrogen-bond acceptors (Lipinski definition) is 5. The third-order valence-electron chi connectivity index (χ3n) is 3.73. The van der Waals surface area contributed by atoms with Gasteiger partial charge in [0.25, 0.3) is 0 Å². The molecular weight excluding hydrogens is 328 g/mol. The van der Waals surface area contributed by atoms with E-state index in [9.17, 15) is 0 Å². The maximum Gasteiger partial charge on any atom is 0.240 e. The number of halogens is 1. The molecule has 24 heavy (non-hydrogen) atoms. The summed E-state index contributed by atoms with van der Waals surface area (Å²) in [6.07, 6.45) is -0.121. The summed E-state index contributed by atoms with van der Waals surface area (Å²) < 4.78 is 16.6. The molecule has 0 amide bonds. The highest BCUT2D eigenvalue weighted by molar-refractivity contribution is 6.30. The van der Waals surface area contributed by atoms with Crippen LogP contribution < -0.4 is 4.74 Å². The van der Waals surface area contributed by atoms with E-state index in [0.29, 0.717) is 19.2 Å². The normalized spacial score (nSPS) is 15.0. The molecule has 0 fully saturated rings. The van der Waals surface area contributed by atoms with Crippen LogP contribution in [0.15, 0.2) is 53.6 Å². The Kier molecular flexibility index (Phi) is 5.23. The van der Waals surface area contributed by atoms with Gasteiger partial charge in [0.05, 0.1) is 0 Å². The van der Waals surface area contributed by atoms with Crippen molar-refractivity contribution in [3.05, 3.63) is 64.7 Å². The molecule has 0 aromatic heterocycles. The molecule has 0 bridgehead atoms. The molecule has 0 radical (unpaired) electrons. The Morgan fingerprint density at radius 1 is 1.17 bits per heavy atom. The summed E-state index contributed by atoms with van der Waals surface area (Å²) in [7, 11) is 1.64. The second-order valence-corrected chi connectivity index (χ2v) is 5.83. The van der Waals surface area contributed by atoms with Crippen LogP contribution in [0.25, 0.3) is 0 Å². The van der Waals surface area contributed by atoms with Gasteiger partial charge in [-0.05, 0) is 48.9 Å². The van der Waals surface area contributed by atoms with Gasteiger partial charge >= 0.3 is 0 Å². The molecule has 0 aliphatic carbocycles. The van der Waals surface area contributed by atoms with Gasteiger partial charge in [-0.1, -0.05) is 23.7 Å². The van der Waals surface area contributed by atoms with Crippen molar-refractivity contribution in [1.29, 1.82) is 0 Å². The van der Waals surface area contributed by atoms with Crippen molar-refractivity contribution in [2.24, 2.45) is 5.10 Å². The minimum absolute atomic E-state index is 0.121. The summed E-state index contributed by atoms with van der Waals surface area (Å²) in [5.41, 5.74) is 1.97. The van der Waals surface area contributed by atoms with E-state index >= 15 is 0 Å². The van der Waals surface area contributed by atoms with Crippen LogP contribution in [0.3, 0.4) is 0 Å². The quantitative estimate of drug-likeness (QED) is 0.796. The van der Waals surface area contributed by atoms with Crippen molar-refractivity contribution in [2.75, 3.05) is 13.8 Å². The lowest BCUT2D eigenvalue weighted by molar-refractivity contribution is -0.0373. The predicted molar refractivity (Wildman–Crippen MR) is 93.0 cm³/mol. The average molecular weight is 347 g/mol. The molecule has 126 valence electrons. The summed E-state index contributed by atoms with van der Waals surface area (Å²) in [4.78, 5) is 0. The molecule has 1 aliphatic rings. The largest absolute Gasteiger partial charge is 0.489 e. The lowest BCUT2D eigenvalue weighted by atomic mass is 10.2. The minimum Gasteiger partial charge on any atom is -0.489 e. The summed E-state index contributed by atoms with van der Waals surface area (Å²) in [5.74, 6) is 1.37. The fraction of sp³-hybridized carbons (Fsp3) is 0.278. The fourth-order valence-electron chi connectivity index (χ4n) is 2.19. The van der Waals surface area contributed by atoms with Crippen molar-refractivity contribution in [3.8, 4) is 5.75 Å². The van der Waals surface area contributed by atoms with Crippen molar-refractivity contribution < 1.29 is 14.2 Å². The molecule has 1 aliphatic heterocycles. The standard InChI is InChI=1S/C18H19ClN2O3/c1-13(22-2)21-12-24-18(20-21)15-5-9-17(10-6-15)23-11-14-3-7-16(19)8-4-14/h3-10,13H,11-12H2,1-2H3. The number of hydrogen-bond donors (Lipinski definition) is 0. The van der Waals surface area contributed by atoms with Gasteiger partial charge in [0.2, 0.25) is 5.90 Å². The molecular formula is C18H19ClN2O3. The number of benzene rings is 2. The summed E-state index contributed by atoms with van der Waals surface area (Å²) in [6.45, 7) is 2.80. The SMILES string of the molecule is COC(C)N1COC(c2ccc(OCc3ccc(Cl)cc3)cc2)=N1. The highest BCUT2D eigenvalue weighted by Gasteiger charge is 2.21. The maximum atomic E-state index is 5.87. The second kappa shape index (κ2) is 7.55. The minimum atomic E-state index is -0.121. The predicted octanol–water partition coefficient (Wildman–Crippen LogP) is 3.86. The van der Waals surface area contributed by atoms with E-state index in [4.69, 9.17) is 25.8 Å². The molecule has 1 atom stereocenters. The molecule has 0 saturated heterocycles. The van der Waals surface area contributed by atoms with Crippen molar-refractivity contribution in [3.63, 3.8) is 0 Å². The Balaban J connectivity index is 1.60. The molecule has 3 rings (SSSR count). The number of nitrogens with zero attached hydrogens (tertiary/aromatic N) is 2. The molecule has 5 nitrogen and oxygen atoms in total. The fourth-order valence-corrected chi connectivity index (χ4v) is 2.32. The van der Waals surface area contributed by atoms with Gasteiger partial charge in [0.1, 0.15) is 18.6 Å². The molecule has 2 aromatic carbocycles. The monoisotopic (exact) mass is 346 g/mol. The van der Waals surface area contributed by atoms with Crippen molar-refractivity contribution in [2.45, 2.75) is 19.8 Å². The number of rotatable bonds is 6. The van der Waals surface area contributed by atoms with Crippen molar-refractivity contribution >= 4 is 17.5 Å². The molecule has 1 heterocycles. The third kappa shape index (κ3) is 3.99.